The first-order valence-corrected chi connectivity index (χ1v) is 13.9. The first-order chi connectivity index (χ1) is 18.6. The van der Waals surface area contributed by atoms with Crippen molar-refractivity contribution in [2.24, 2.45) is 10.7 Å². The van der Waals surface area contributed by atoms with Crippen LogP contribution in [0.25, 0.3) is 6.08 Å². The number of carbonyl (C=O) groups excluding carboxylic acids is 2. The molecule has 0 unspecified atom stereocenters. The molecule has 0 aromatic heterocycles. The maximum Gasteiger partial charge on any atom is 0.251 e. The third-order valence-corrected chi connectivity index (χ3v) is 8.72. The Hall–Kier alpha value is -3.68. The molecule has 204 valence electrons. The van der Waals surface area contributed by atoms with Gasteiger partial charge in [0.15, 0.2) is 5.96 Å². The normalized spacial score (nSPS) is 28.2. The highest BCUT2D eigenvalue weighted by Crippen LogP contribution is 2.43. The number of nitrogens with one attached hydrogen (secondary N) is 1. The zero-order valence-electron chi connectivity index (χ0n) is 22.7. The Bertz CT molecular complexity index is 1430. The predicted octanol–water partition coefficient (Wildman–Crippen LogP) is 5.35. The summed E-state index contributed by atoms with van der Waals surface area (Å²) in [5.74, 6) is 0.0112. The van der Waals surface area contributed by atoms with Crippen LogP contribution in [-0.4, -0.2) is 33.8 Å². The topological polar surface area (TPSA) is 97.0 Å². The highest BCUT2D eigenvalue weighted by Gasteiger charge is 2.43. The monoisotopic (exact) mass is 530 g/mol. The van der Waals surface area contributed by atoms with E-state index in [4.69, 9.17) is 15.5 Å². The summed E-state index contributed by atoms with van der Waals surface area (Å²) in [6.07, 6.45) is 8.10. The number of fused-ring (bicyclic) bond motifs is 4. The van der Waals surface area contributed by atoms with Gasteiger partial charge < -0.3 is 15.8 Å². The van der Waals surface area contributed by atoms with Gasteiger partial charge in [0.25, 0.3) is 5.91 Å². The molecule has 4 aliphatic heterocycles. The number of rotatable bonds is 1. The van der Waals surface area contributed by atoms with E-state index in [1.807, 2.05) is 45.0 Å². The number of aliphatic imine (C=N–C) groups is 1. The van der Waals surface area contributed by atoms with E-state index in [0.29, 0.717) is 43.2 Å². The fourth-order valence-electron chi connectivity index (χ4n) is 6.66. The lowest BCUT2D eigenvalue weighted by Crippen LogP contribution is -2.52. The molecule has 3 atom stereocenters. The Morgan fingerprint density at radius 2 is 2.03 bits per heavy atom. The summed E-state index contributed by atoms with van der Waals surface area (Å²) in [5.41, 5.74) is 8.70. The lowest BCUT2D eigenvalue weighted by molar-refractivity contribution is -0.131. The molecule has 0 saturated heterocycles. The number of carbonyl (C=O) groups is 2. The van der Waals surface area contributed by atoms with Crippen LogP contribution in [0.2, 0.25) is 0 Å². The second kappa shape index (κ2) is 9.21. The zero-order chi connectivity index (χ0) is 27.5. The van der Waals surface area contributed by atoms with E-state index < -0.39 is 23.0 Å². The number of nitrogens with zero attached hydrogens (tertiary/aromatic N) is 2. The molecule has 0 saturated carbocycles. The van der Waals surface area contributed by atoms with Crippen molar-refractivity contribution in [1.29, 1.82) is 0 Å². The Labute approximate surface area is 228 Å². The number of halogens is 1. The van der Waals surface area contributed by atoms with Crippen LogP contribution in [0.1, 0.15) is 104 Å². The van der Waals surface area contributed by atoms with Gasteiger partial charge in [-0.1, -0.05) is 25.1 Å². The maximum atomic E-state index is 15.4. The number of benzene rings is 2. The largest absolute Gasteiger partial charge is 0.487 e. The standard InChI is InChI=1S/C31H35FN4O3/c1-4-31-12-6-5-7-18-8-11-26-22(13-18)24(16-30(2,3)39-26)34-28(38)19-14-21-20(23(32)15-19)9-10-25(21)36(27(37)17-31)29(33)35-31/h5,7-8,11,13-15,24-25H,4,6,9-10,12,16-17H2,1-3H3,(H2,33,35)(H,34,38)/b7-5-/t24-,25+,31+/m0/s1. The zero-order valence-corrected chi connectivity index (χ0v) is 22.7. The molecule has 1 aliphatic carbocycles. The fraction of sp³-hybridized carbons (Fsp3) is 0.452. The van der Waals surface area contributed by atoms with Crippen molar-refractivity contribution in [2.75, 3.05) is 0 Å². The second-order valence-electron chi connectivity index (χ2n) is 11.9. The maximum absolute atomic E-state index is 15.4. The van der Waals surface area contributed by atoms with Crippen molar-refractivity contribution in [2.45, 2.75) is 88.9 Å². The number of guanidine groups is 1. The predicted molar refractivity (Wildman–Crippen MR) is 148 cm³/mol. The number of hydrogen-bond donors (Lipinski definition) is 2. The molecule has 2 aromatic rings. The highest BCUT2D eigenvalue weighted by atomic mass is 19.1. The summed E-state index contributed by atoms with van der Waals surface area (Å²) in [6, 6.07) is 8.26. The van der Waals surface area contributed by atoms with Crippen LogP contribution in [-0.2, 0) is 11.2 Å². The van der Waals surface area contributed by atoms with Gasteiger partial charge in [0.1, 0.15) is 17.2 Å². The Kier molecular flexibility index (Phi) is 6.04. The van der Waals surface area contributed by atoms with Crippen LogP contribution < -0.4 is 15.8 Å². The number of amides is 2. The number of ether oxygens (including phenoxy) is 1. The van der Waals surface area contributed by atoms with Gasteiger partial charge >= 0.3 is 0 Å². The minimum atomic E-state index is -0.567. The molecule has 3 N–H and O–H groups in total. The molecule has 6 bridgehead atoms. The average Bonchev–Trinajstić information content (AvgIpc) is 3.29. The molecule has 5 aliphatic rings. The van der Waals surface area contributed by atoms with Crippen molar-refractivity contribution in [3.63, 3.8) is 0 Å². The molecule has 7 nitrogen and oxygen atoms in total. The third kappa shape index (κ3) is 4.49. The lowest BCUT2D eigenvalue weighted by Gasteiger charge is -2.39. The molecular formula is C31H35FN4O3. The third-order valence-electron chi connectivity index (χ3n) is 8.72. The fourth-order valence-corrected chi connectivity index (χ4v) is 6.66. The van der Waals surface area contributed by atoms with Crippen LogP contribution in [0, 0.1) is 5.82 Å². The van der Waals surface area contributed by atoms with Crippen LogP contribution in [0.3, 0.4) is 0 Å². The van der Waals surface area contributed by atoms with Crippen LogP contribution in [0.5, 0.6) is 5.75 Å². The SMILES string of the molecule is CC[C@@]12CC/C=C\c3ccc4c(c3)[C@H](CC(C)(C)O4)NC(=O)c3cc(F)c4c(c3)[C@@H](CC4)N(C(=O)C1)C(N)=N2. The van der Waals surface area contributed by atoms with Gasteiger partial charge in [-0.2, -0.15) is 0 Å². The minimum absolute atomic E-state index is 0.104. The molecular weight excluding hydrogens is 495 g/mol. The van der Waals surface area contributed by atoms with E-state index >= 15 is 4.39 Å². The molecule has 4 heterocycles. The summed E-state index contributed by atoms with van der Waals surface area (Å²) in [6.45, 7) is 6.03. The Morgan fingerprint density at radius 1 is 1.21 bits per heavy atom. The van der Waals surface area contributed by atoms with E-state index in [9.17, 15) is 9.59 Å². The molecule has 0 fully saturated rings. The highest BCUT2D eigenvalue weighted by molar-refractivity contribution is 6.00. The van der Waals surface area contributed by atoms with Gasteiger partial charge in [0, 0.05) is 17.5 Å². The molecule has 8 heteroatoms. The molecule has 2 amide bonds. The summed E-state index contributed by atoms with van der Waals surface area (Å²) >= 11 is 0. The smallest absolute Gasteiger partial charge is 0.251 e. The Morgan fingerprint density at radius 3 is 2.79 bits per heavy atom. The van der Waals surface area contributed by atoms with Gasteiger partial charge in [-0.15, -0.1) is 0 Å². The van der Waals surface area contributed by atoms with Crippen LogP contribution in [0.4, 0.5) is 4.39 Å². The van der Waals surface area contributed by atoms with Gasteiger partial charge in [-0.05, 0) is 86.9 Å². The molecule has 2 aromatic carbocycles. The van der Waals surface area contributed by atoms with Crippen molar-refractivity contribution in [1.82, 2.24) is 10.2 Å². The molecule has 39 heavy (non-hydrogen) atoms. The summed E-state index contributed by atoms with van der Waals surface area (Å²) in [4.78, 5) is 33.5. The first-order valence-electron chi connectivity index (χ1n) is 13.9. The first kappa shape index (κ1) is 25.6. The van der Waals surface area contributed by atoms with Gasteiger partial charge in [-0.25, -0.2) is 9.38 Å². The van der Waals surface area contributed by atoms with Gasteiger partial charge in [-0.3, -0.25) is 14.5 Å². The van der Waals surface area contributed by atoms with Crippen molar-refractivity contribution in [3.8, 4) is 5.75 Å². The van der Waals surface area contributed by atoms with Crippen LogP contribution in [0.15, 0.2) is 41.4 Å². The van der Waals surface area contributed by atoms with Crippen molar-refractivity contribution < 1.29 is 18.7 Å². The lowest BCUT2D eigenvalue weighted by atomic mass is 9.85. The molecule has 0 spiro atoms. The summed E-state index contributed by atoms with van der Waals surface area (Å²) in [5, 5.41) is 3.14. The van der Waals surface area contributed by atoms with E-state index in [2.05, 4.69) is 11.4 Å². The average molecular weight is 531 g/mol. The number of hydrogen-bond acceptors (Lipinski definition) is 5. The summed E-state index contributed by atoms with van der Waals surface area (Å²) < 4.78 is 21.6. The minimum Gasteiger partial charge on any atom is -0.487 e. The van der Waals surface area contributed by atoms with Gasteiger partial charge in [0.05, 0.1) is 24.0 Å². The van der Waals surface area contributed by atoms with E-state index in [1.165, 1.54) is 11.0 Å². The Balaban J connectivity index is 1.48. The molecule has 7 rings (SSSR count). The van der Waals surface area contributed by atoms with Gasteiger partial charge in [0.2, 0.25) is 5.91 Å². The quantitative estimate of drug-likeness (QED) is 0.520. The van der Waals surface area contributed by atoms with E-state index in [0.717, 1.165) is 23.3 Å². The number of allylic oxidation sites excluding steroid dienone is 1. The van der Waals surface area contributed by atoms with Crippen molar-refractivity contribution >= 4 is 23.8 Å². The second-order valence-corrected chi connectivity index (χ2v) is 11.9. The van der Waals surface area contributed by atoms with Crippen LogP contribution >= 0.6 is 0 Å². The summed E-state index contributed by atoms with van der Waals surface area (Å²) in [7, 11) is 0. The van der Waals surface area contributed by atoms with Crippen molar-refractivity contribution in [3.05, 3.63) is 70.0 Å². The van der Waals surface area contributed by atoms with E-state index in [1.54, 1.807) is 6.07 Å². The molecule has 0 radical (unpaired) electrons. The number of nitrogens with two attached hydrogens (primary N) is 1. The van der Waals surface area contributed by atoms with E-state index in [-0.39, 0.29) is 35.8 Å².